The van der Waals surface area contributed by atoms with Crippen molar-refractivity contribution < 1.29 is 9.90 Å². The van der Waals surface area contributed by atoms with Crippen LogP contribution in [-0.2, 0) is 4.79 Å². The number of hydrogen-bond donors (Lipinski definition) is 1. The minimum atomic E-state index is -0.681. The first-order valence-corrected chi connectivity index (χ1v) is 5.86. The van der Waals surface area contributed by atoms with E-state index in [0.717, 1.165) is 30.4 Å². The fraction of sp³-hybridized carbons (Fsp3) is 0.583. The van der Waals surface area contributed by atoms with E-state index in [4.69, 9.17) is 5.11 Å². The Bertz CT molecular complexity index is 406. The molecule has 0 atom stereocenters. The molecule has 92 valence electrons. The molecule has 0 spiro atoms. The van der Waals surface area contributed by atoms with Gasteiger partial charge in [-0.3, -0.25) is 4.79 Å². The number of hydrogen-bond acceptors (Lipinski definition) is 4. The number of aromatic nitrogens is 2. The zero-order valence-electron chi connectivity index (χ0n) is 10.2. The van der Waals surface area contributed by atoms with Crippen molar-refractivity contribution in [1.29, 1.82) is 0 Å². The van der Waals surface area contributed by atoms with E-state index < -0.39 is 5.97 Å². The molecule has 1 saturated heterocycles. The lowest BCUT2D eigenvalue weighted by atomic mass is 9.97. The predicted molar refractivity (Wildman–Crippen MR) is 64.1 cm³/mol. The number of carbonyl (C=O) groups is 1. The van der Waals surface area contributed by atoms with Crippen molar-refractivity contribution in [2.75, 3.05) is 18.0 Å². The largest absolute Gasteiger partial charge is 0.481 e. The number of piperidine rings is 1. The number of aliphatic carboxylic acids is 1. The van der Waals surface area contributed by atoms with Crippen molar-refractivity contribution in [3.63, 3.8) is 0 Å². The SMILES string of the molecule is Cc1cc(N2CCC(C(=O)O)CC2)nc(C)n1. The highest BCUT2D eigenvalue weighted by Gasteiger charge is 2.25. The monoisotopic (exact) mass is 235 g/mol. The normalized spacial score (nSPS) is 17.2. The molecule has 1 aromatic rings. The van der Waals surface area contributed by atoms with Crippen LogP contribution in [0.1, 0.15) is 24.4 Å². The van der Waals surface area contributed by atoms with Gasteiger partial charge in [0, 0.05) is 24.8 Å². The smallest absolute Gasteiger partial charge is 0.306 e. The van der Waals surface area contributed by atoms with Crippen LogP contribution < -0.4 is 4.90 Å². The molecule has 1 N–H and O–H groups in total. The lowest BCUT2D eigenvalue weighted by Gasteiger charge is -2.31. The Morgan fingerprint density at radius 3 is 2.53 bits per heavy atom. The molecule has 0 amide bonds. The highest BCUT2D eigenvalue weighted by Crippen LogP contribution is 2.22. The lowest BCUT2D eigenvalue weighted by Crippen LogP contribution is -2.36. The summed E-state index contributed by atoms with van der Waals surface area (Å²) in [6.07, 6.45) is 1.38. The minimum Gasteiger partial charge on any atom is -0.481 e. The maximum atomic E-state index is 10.9. The fourth-order valence-corrected chi connectivity index (χ4v) is 2.21. The summed E-state index contributed by atoms with van der Waals surface area (Å²) in [5.41, 5.74) is 0.952. The third-order valence-electron chi connectivity index (χ3n) is 3.12. The topological polar surface area (TPSA) is 66.3 Å². The Labute approximate surface area is 100 Å². The summed E-state index contributed by atoms with van der Waals surface area (Å²) < 4.78 is 0. The summed E-state index contributed by atoms with van der Waals surface area (Å²) >= 11 is 0. The van der Waals surface area contributed by atoms with Gasteiger partial charge in [-0.25, -0.2) is 9.97 Å². The highest BCUT2D eigenvalue weighted by molar-refractivity contribution is 5.70. The van der Waals surface area contributed by atoms with E-state index >= 15 is 0 Å². The average molecular weight is 235 g/mol. The van der Waals surface area contributed by atoms with Gasteiger partial charge in [0.1, 0.15) is 11.6 Å². The van der Waals surface area contributed by atoms with Gasteiger partial charge in [-0.1, -0.05) is 0 Å². The van der Waals surface area contributed by atoms with Gasteiger partial charge in [-0.2, -0.15) is 0 Å². The lowest BCUT2D eigenvalue weighted by molar-refractivity contribution is -0.142. The molecule has 5 heteroatoms. The third kappa shape index (κ3) is 2.72. The molecule has 1 aliphatic rings. The average Bonchev–Trinajstić information content (AvgIpc) is 2.28. The van der Waals surface area contributed by atoms with Crippen molar-refractivity contribution in [1.82, 2.24) is 9.97 Å². The quantitative estimate of drug-likeness (QED) is 0.839. The van der Waals surface area contributed by atoms with E-state index in [2.05, 4.69) is 14.9 Å². The standard InChI is InChI=1S/C12H17N3O2/c1-8-7-11(14-9(2)13-8)15-5-3-10(4-6-15)12(16)17/h7,10H,3-6H2,1-2H3,(H,16,17). The van der Waals surface area contributed by atoms with Crippen molar-refractivity contribution >= 4 is 11.8 Å². The second-order valence-electron chi connectivity index (χ2n) is 4.51. The number of carboxylic acids is 1. The molecule has 2 rings (SSSR count). The third-order valence-corrected chi connectivity index (χ3v) is 3.12. The van der Waals surface area contributed by atoms with Crippen LogP contribution in [0.25, 0.3) is 0 Å². The summed E-state index contributed by atoms with van der Waals surface area (Å²) in [6, 6.07) is 1.95. The van der Waals surface area contributed by atoms with E-state index in [0.29, 0.717) is 12.8 Å². The van der Waals surface area contributed by atoms with Gasteiger partial charge in [0.05, 0.1) is 5.92 Å². The molecular weight excluding hydrogens is 218 g/mol. The van der Waals surface area contributed by atoms with Gasteiger partial charge in [0.25, 0.3) is 0 Å². The van der Waals surface area contributed by atoms with E-state index in [1.807, 2.05) is 19.9 Å². The van der Waals surface area contributed by atoms with Gasteiger partial charge >= 0.3 is 5.97 Å². The van der Waals surface area contributed by atoms with Crippen LogP contribution in [0.5, 0.6) is 0 Å². The van der Waals surface area contributed by atoms with Crippen LogP contribution in [0.15, 0.2) is 6.07 Å². The molecule has 0 radical (unpaired) electrons. The molecule has 0 aliphatic carbocycles. The number of carboxylic acid groups (broad SMARTS) is 1. The van der Waals surface area contributed by atoms with Gasteiger partial charge in [0.2, 0.25) is 0 Å². The second-order valence-corrected chi connectivity index (χ2v) is 4.51. The van der Waals surface area contributed by atoms with Gasteiger partial charge in [-0.05, 0) is 26.7 Å². The van der Waals surface area contributed by atoms with Gasteiger partial charge in [-0.15, -0.1) is 0 Å². The molecule has 17 heavy (non-hydrogen) atoms. The van der Waals surface area contributed by atoms with Crippen LogP contribution in [-0.4, -0.2) is 34.1 Å². The van der Waals surface area contributed by atoms with E-state index in [1.54, 1.807) is 0 Å². The highest BCUT2D eigenvalue weighted by atomic mass is 16.4. The second kappa shape index (κ2) is 4.69. The molecule has 0 saturated carbocycles. The van der Waals surface area contributed by atoms with Gasteiger partial charge in [0.15, 0.2) is 0 Å². The first-order valence-electron chi connectivity index (χ1n) is 5.86. The van der Waals surface area contributed by atoms with E-state index in [-0.39, 0.29) is 5.92 Å². The van der Waals surface area contributed by atoms with Crippen LogP contribution in [0.3, 0.4) is 0 Å². The first-order chi connectivity index (χ1) is 8.06. The Morgan fingerprint density at radius 1 is 1.35 bits per heavy atom. The first kappa shape index (κ1) is 11.8. The Hall–Kier alpha value is -1.65. The summed E-state index contributed by atoms with van der Waals surface area (Å²) in [4.78, 5) is 21.6. The molecule has 1 aromatic heterocycles. The summed E-state index contributed by atoms with van der Waals surface area (Å²) in [5.74, 6) is 0.800. The molecule has 0 unspecified atom stereocenters. The molecular formula is C12H17N3O2. The van der Waals surface area contributed by atoms with Crippen LogP contribution in [0.2, 0.25) is 0 Å². The number of nitrogens with zero attached hydrogens (tertiary/aromatic N) is 3. The summed E-state index contributed by atoms with van der Waals surface area (Å²) in [7, 11) is 0. The molecule has 5 nitrogen and oxygen atoms in total. The van der Waals surface area contributed by atoms with Crippen LogP contribution >= 0.6 is 0 Å². The Kier molecular flexibility index (Phi) is 3.26. The molecule has 0 bridgehead atoms. The van der Waals surface area contributed by atoms with Crippen molar-refractivity contribution in [2.24, 2.45) is 5.92 Å². The molecule has 2 heterocycles. The molecule has 1 fully saturated rings. The fourth-order valence-electron chi connectivity index (χ4n) is 2.21. The van der Waals surface area contributed by atoms with Crippen molar-refractivity contribution in [3.8, 4) is 0 Å². The van der Waals surface area contributed by atoms with Crippen LogP contribution in [0, 0.1) is 19.8 Å². The Balaban J connectivity index is 2.07. The zero-order chi connectivity index (χ0) is 12.4. The summed E-state index contributed by atoms with van der Waals surface area (Å²) in [6.45, 7) is 5.34. The molecule has 1 aliphatic heterocycles. The maximum absolute atomic E-state index is 10.9. The zero-order valence-corrected chi connectivity index (χ0v) is 10.2. The summed E-state index contributed by atoms with van der Waals surface area (Å²) in [5, 5.41) is 8.94. The van der Waals surface area contributed by atoms with Gasteiger partial charge < -0.3 is 10.0 Å². The maximum Gasteiger partial charge on any atom is 0.306 e. The van der Waals surface area contributed by atoms with Crippen molar-refractivity contribution in [2.45, 2.75) is 26.7 Å². The van der Waals surface area contributed by atoms with E-state index in [9.17, 15) is 4.79 Å². The molecule has 0 aromatic carbocycles. The predicted octanol–water partition coefficient (Wildman–Crippen LogP) is 1.39. The number of aryl methyl sites for hydroxylation is 2. The Morgan fingerprint density at radius 2 is 2.00 bits per heavy atom. The minimum absolute atomic E-state index is 0.199. The number of rotatable bonds is 2. The van der Waals surface area contributed by atoms with E-state index in [1.165, 1.54) is 0 Å². The number of anilines is 1. The van der Waals surface area contributed by atoms with Crippen LogP contribution in [0.4, 0.5) is 5.82 Å². The van der Waals surface area contributed by atoms with Crippen molar-refractivity contribution in [3.05, 3.63) is 17.6 Å².